The van der Waals surface area contributed by atoms with Crippen molar-refractivity contribution >= 4 is 11.6 Å². The van der Waals surface area contributed by atoms with Gasteiger partial charge in [-0.05, 0) is 51.0 Å². The van der Waals surface area contributed by atoms with Gasteiger partial charge in [-0.2, -0.15) is 5.10 Å². The van der Waals surface area contributed by atoms with E-state index in [-0.39, 0.29) is 5.75 Å². The Hall–Kier alpha value is -1.48. The number of benzene rings is 1. The maximum Gasteiger partial charge on any atom is 0.134 e. The van der Waals surface area contributed by atoms with Gasteiger partial charge in [0.1, 0.15) is 5.75 Å². The fourth-order valence-electron chi connectivity index (χ4n) is 2.33. The molecule has 0 saturated carbocycles. The highest BCUT2D eigenvalue weighted by molar-refractivity contribution is 6.32. The van der Waals surface area contributed by atoms with E-state index in [1.807, 2.05) is 24.6 Å². The molecule has 0 radical (unpaired) electrons. The number of hydrogen-bond acceptors (Lipinski definition) is 2. The molecular weight excluding hydrogens is 248 g/mol. The fraction of sp³-hybridized carbons (Fsp3) is 0.357. The van der Waals surface area contributed by atoms with E-state index in [1.165, 1.54) is 0 Å². The minimum atomic E-state index is 0.121. The van der Waals surface area contributed by atoms with Gasteiger partial charge in [0.15, 0.2) is 0 Å². The fourth-order valence-corrected chi connectivity index (χ4v) is 2.49. The molecule has 0 amide bonds. The minimum absolute atomic E-state index is 0.121. The smallest absolute Gasteiger partial charge is 0.134 e. The van der Waals surface area contributed by atoms with E-state index in [9.17, 15) is 5.11 Å². The molecule has 0 fully saturated rings. The number of aryl methyl sites for hydroxylation is 3. The van der Waals surface area contributed by atoms with Gasteiger partial charge in [0, 0.05) is 17.8 Å². The summed E-state index contributed by atoms with van der Waals surface area (Å²) < 4.78 is 1.98. The highest BCUT2D eigenvalue weighted by Crippen LogP contribution is 2.35. The second kappa shape index (κ2) is 4.65. The first-order valence-electron chi connectivity index (χ1n) is 5.99. The average molecular weight is 265 g/mol. The third-order valence-corrected chi connectivity index (χ3v) is 3.55. The summed E-state index contributed by atoms with van der Waals surface area (Å²) >= 11 is 6.00. The van der Waals surface area contributed by atoms with Crippen LogP contribution in [-0.4, -0.2) is 14.9 Å². The van der Waals surface area contributed by atoms with Crippen LogP contribution in [0.5, 0.6) is 5.75 Å². The molecule has 4 heteroatoms. The van der Waals surface area contributed by atoms with E-state index in [4.69, 9.17) is 11.6 Å². The summed E-state index contributed by atoms with van der Waals surface area (Å²) in [4.78, 5) is 0. The lowest BCUT2D eigenvalue weighted by molar-refractivity contribution is 0.475. The summed E-state index contributed by atoms with van der Waals surface area (Å²) in [7, 11) is 0. The Bertz CT molecular complexity index is 602. The number of aromatic nitrogens is 2. The highest BCUT2D eigenvalue weighted by Gasteiger charge is 2.16. The molecule has 0 aliphatic carbocycles. The summed E-state index contributed by atoms with van der Waals surface area (Å²) in [5, 5.41) is 14.5. The quantitative estimate of drug-likeness (QED) is 0.895. The Morgan fingerprint density at radius 1 is 1.28 bits per heavy atom. The number of rotatable bonds is 2. The molecule has 3 nitrogen and oxygen atoms in total. The summed E-state index contributed by atoms with van der Waals surface area (Å²) in [6.45, 7) is 8.93. The maximum absolute atomic E-state index is 9.61. The van der Waals surface area contributed by atoms with E-state index < -0.39 is 0 Å². The Morgan fingerprint density at radius 3 is 2.50 bits per heavy atom. The first-order valence-corrected chi connectivity index (χ1v) is 6.37. The van der Waals surface area contributed by atoms with E-state index >= 15 is 0 Å². The van der Waals surface area contributed by atoms with Gasteiger partial charge in [0.05, 0.1) is 10.7 Å². The summed E-state index contributed by atoms with van der Waals surface area (Å²) in [6, 6.07) is 3.50. The number of nitrogens with zero attached hydrogens (tertiary/aromatic N) is 2. The summed E-state index contributed by atoms with van der Waals surface area (Å²) in [5.74, 6) is 0.121. The molecule has 1 N–H and O–H groups in total. The van der Waals surface area contributed by atoms with Gasteiger partial charge in [-0.1, -0.05) is 11.6 Å². The zero-order valence-electron chi connectivity index (χ0n) is 11.1. The molecule has 1 aromatic heterocycles. The molecule has 2 rings (SSSR count). The van der Waals surface area contributed by atoms with Gasteiger partial charge in [-0.3, -0.25) is 4.68 Å². The molecule has 1 heterocycles. The number of halogens is 1. The van der Waals surface area contributed by atoms with Crippen LogP contribution in [-0.2, 0) is 6.54 Å². The van der Waals surface area contributed by atoms with Gasteiger partial charge in [0.25, 0.3) is 0 Å². The topological polar surface area (TPSA) is 38.0 Å². The zero-order chi connectivity index (χ0) is 13.4. The molecular formula is C14H17ClN2O. The van der Waals surface area contributed by atoms with Crippen LogP contribution < -0.4 is 0 Å². The predicted molar refractivity (Wildman–Crippen MR) is 74.2 cm³/mol. The van der Waals surface area contributed by atoms with E-state index in [1.54, 1.807) is 6.07 Å². The summed E-state index contributed by atoms with van der Waals surface area (Å²) in [6.07, 6.45) is 0. The van der Waals surface area contributed by atoms with Crippen LogP contribution in [0.4, 0.5) is 0 Å². The third-order valence-electron chi connectivity index (χ3n) is 3.24. The lowest BCUT2D eigenvalue weighted by Gasteiger charge is -2.09. The lowest BCUT2D eigenvalue weighted by Crippen LogP contribution is -1.98. The predicted octanol–water partition coefficient (Wildman–Crippen LogP) is 3.85. The Kier molecular flexibility index (Phi) is 3.35. The van der Waals surface area contributed by atoms with Gasteiger partial charge in [0.2, 0.25) is 0 Å². The van der Waals surface area contributed by atoms with Crippen LogP contribution >= 0.6 is 11.6 Å². The molecule has 2 aromatic rings. The van der Waals surface area contributed by atoms with Gasteiger partial charge in [-0.15, -0.1) is 0 Å². The normalized spacial score (nSPS) is 10.9. The van der Waals surface area contributed by atoms with Crippen LogP contribution in [0.3, 0.4) is 0 Å². The standard InChI is InChI=1S/C14H17ClN2O/c1-5-17-10(4)14(9(3)16-17)11-7-12(15)13(18)6-8(11)2/h6-7,18H,5H2,1-4H3. The molecule has 0 atom stereocenters. The molecule has 18 heavy (non-hydrogen) atoms. The van der Waals surface area contributed by atoms with Crippen LogP contribution in [0.25, 0.3) is 11.1 Å². The largest absolute Gasteiger partial charge is 0.506 e. The van der Waals surface area contributed by atoms with E-state index in [0.29, 0.717) is 5.02 Å². The van der Waals surface area contributed by atoms with Gasteiger partial charge < -0.3 is 5.11 Å². The zero-order valence-corrected chi connectivity index (χ0v) is 11.8. The highest BCUT2D eigenvalue weighted by atomic mass is 35.5. The Labute approximate surface area is 112 Å². The molecule has 0 bridgehead atoms. The second-order valence-corrected chi connectivity index (χ2v) is 4.89. The van der Waals surface area contributed by atoms with Crippen molar-refractivity contribution in [2.24, 2.45) is 0 Å². The third kappa shape index (κ3) is 1.99. The molecule has 96 valence electrons. The van der Waals surface area contributed by atoms with Crippen LogP contribution in [0.1, 0.15) is 23.9 Å². The molecule has 0 aliphatic heterocycles. The Balaban J connectivity index is 2.69. The first kappa shape index (κ1) is 13.0. The SMILES string of the molecule is CCn1nc(C)c(-c2cc(Cl)c(O)cc2C)c1C. The first-order chi connectivity index (χ1) is 8.45. The van der Waals surface area contributed by atoms with Crippen molar-refractivity contribution in [1.29, 1.82) is 0 Å². The van der Waals surface area contributed by atoms with Crippen LogP contribution in [0.2, 0.25) is 5.02 Å². The van der Waals surface area contributed by atoms with E-state index in [0.717, 1.165) is 34.6 Å². The Morgan fingerprint density at radius 2 is 1.94 bits per heavy atom. The molecule has 1 aromatic carbocycles. The van der Waals surface area contributed by atoms with Crippen LogP contribution in [0, 0.1) is 20.8 Å². The van der Waals surface area contributed by atoms with Crippen molar-refractivity contribution in [1.82, 2.24) is 9.78 Å². The molecule has 0 saturated heterocycles. The van der Waals surface area contributed by atoms with Crippen molar-refractivity contribution in [3.05, 3.63) is 34.1 Å². The van der Waals surface area contributed by atoms with Gasteiger partial charge in [-0.25, -0.2) is 0 Å². The number of hydrogen-bond donors (Lipinski definition) is 1. The molecule has 0 spiro atoms. The van der Waals surface area contributed by atoms with Crippen molar-refractivity contribution in [3.8, 4) is 16.9 Å². The second-order valence-electron chi connectivity index (χ2n) is 4.48. The molecule has 0 unspecified atom stereocenters. The van der Waals surface area contributed by atoms with Crippen molar-refractivity contribution < 1.29 is 5.11 Å². The van der Waals surface area contributed by atoms with Crippen LogP contribution in [0.15, 0.2) is 12.1 Å². The van der Waals surface area contributed by atoms with Gasteiger partial charge >= 0.3 is 0 Å². The minimum Gasteiger partial charge on any atom is -0.506 e. The van der Waals surface area contributed by atoms with Crippen molar-refractivity contribution in [3.63, 3.8) is 0 Å². The maximum atomic E-state index is 9.61. The number of phenolic OH excluding ortho intramolecular Hbond substituents is 1. The average Bonchev–Trinajstić information content (AvgIpc) is 2.59. The van der Waals surface area contributed by atoms with Crippen molar-refractivity contribution in [2.75, 3.05) is 0 Å². The number of phenols is 1. The molecule has 0 aliphatic rings. The van der Waals surface area contributed by atoms with E-state index in [2.05, 4.69) is 18.9 Å². The number of aromatic hydroxyl groups is 1. The summed E-state index contributed by atoms with van der Waals surface area (Å²) in [5.41, 5.74) is 5.25. The monoisotopic (exact) mass is 264 g/mol. The van der Waals surface area contributed by atoms with Crippen molar-refractivity contribution in [2.45, 2.75) is 34.2 Å². The lowest BCUT2D eigenvalue weighted by atomic mass is 9.98.